The molecule has 0 aliphatic carbocycles. The summed E-state index contributed by atoms with van der Waals surface area (Å²) in [6.07, 6.45) is 0.930. The summed E-state index contributed by atoms with van der Waals surface area (Å²) in [7, 11) is 0. The van der Waals surface area contributed by atoms with E-state index in [4.69, 9.17) is 4.42 Å². The van der Waals surface area contributed by atoms with E-state index in [2.05, 4.69) is 45.6 Å². The average Bonchev–Trinajstić information content (AvgIpc) is 3.16. The largest absolute Gasteiger partial charge is 0.444 e. The number of nitrogens with one attached hydrogen (secondary N) is 2. The Morgan fingerprint density at radius 2 is 1.79 bits per heavy atom. The number of hydrogen-bond donors (Lipinski definition) is 2. The highest BCUT2D eigenvalue weighted by atomic mass is 79.9. The quantitative estimate of drug-likeness (QED) is 0.528. The molecule has 28 heavy (non-hydrogen) atoms. The first kappa shape index (κ1) is 19.9. The zero-order valence-corrected chi connectivity index (χ0v) is 17.0. The molecule has 0 saturated heterocycles. The molecule has 0 aliphatic rings. The normalized spacial score (nSPS) is 11.6. The lowest BCUT2D eigenvalue weighted by molar-refractivity contribution is 0.0949. The third kappa shape index (κ3) is 5.10. The minimum absolute atomic E-state index is 0.175. The number of carbonyl (C=O) groups is 2. The SMILES string of the molecule is CCC(CNC(=O)c1cccc(NC(=O)c2ccc(Br)o2)c1)c1ccccc1. The Balaban J connectivity index is 1.62. The summed E-state index contributed by atoms with van der Waals surface area (Å²) in [5, 5.41) is 5.72. The maximum Gasteiger partial charge on any atom is 0.291 e. The van der Waals surface area contributed by atoms with Crippen LogP contribution in [0.2, 0.25) is 0 Å². The van der Waals surface area contributed by atoms with Crippen LogP contribution in [0.3, 0.4) is 0 Å². The third-order valence-electron chi connectivity index (χ3n) is 4.45. The summed E-state index contributed by atoms with van der Waals surface area (Å²) in [6.45, 7) is 2.66. The number of furan rings is 1. The molecule has 0 aliphatic heterocycles. The van der Waals surface area contributed by atoms with Crippen molar-refractivity contribution in [3.8, 4) is 0 Å². The number of carbonyl (C=O) groups excluding carboxylic acids is 2. The van der Waals surface area contributed by atoms with E-state index in [1.807, 2.05) is 18.2 Å². The second kappa shape index (κ2) is 9.37. The molecule has 1 heterocycles. The Labute approximate surface area is 172 Å². The van der Waals surface area contributed by atoms with Crippen LogP contribution in [0.15, 0.2) is 75.8 Å². The van der Waals surface area contributed by atoms with Crippen LogP contribution >= 0.6 is 15.9 Å². The molecule has 144 valence electrons. The lowest BCUT2D eigenvalue weighted by Crippen LogP contribution is -2.28. The number of hydrogen-bond acceptors (Lipinski definition) is 3. The maximum atomic E-state index is 12.6. The maximum absolute atomic E-state index is 12.6. The number of halogens is 1. The first-order valence-electron chi connectivity index (χ1n) is 9.06. The van der Waals surface area contributed by atoms with Gasteiger partial charge in [-0.2, -0.15) is 0 Å². The molecule has 2 aromatic carbocycles. The van der Waals surface area contributed by atoms with Crippen molar-refractivity contribution in [2.45, 2.75) is 19.3 Å². The van der Waals surface area contributed by atoms with Gasteiger partial charge in [0.05, 0.1) is 0 Å². The van der Waals surface area contributed by atoms with Crippen molar-refractivity contribution in [2.75, 3.05) is 11.9 Å². The fourth-order valence-electron chi connectivity index (χ4n) is 2.91. The van der Waals surface area contributed by atoms with Crippen molar-refractivity contribution >= 4 is 33.4 Å². The average molecular weight is 441 g/mol. The van der Waals surface area contributed by atoms with Crippen LogP contribution in [0.25, 0.3) is 0 Å². The van der Waals surface area contributed by atoms with Gasteiger partial charge >= 0.3 is 0 Å². The zero-order chi connectivity index (χ0) is 19.9. The Kier molecular flexibility index (Phi) is 6.66. The molecule has 0 saturated carbocycles. The molecule has 5 nitrogen and oxygen atoms in total. The second-order valence-corrected chi connectivity index (χ2v) is 7.15. The number of anilines is 1. The van der Waals surface area contributed by atoms with E-state index in [1.54, 1.807) is 36.4 Å². The Hall–Kier alpha value is -2.86. The molecule has 2 amide bonds. The van der Waals surface area contributed by atoms with E-state index in [0.29, 0.717) is 22.5 Å². The van der Waals surface area contributed by atoms with Gasteiger partial charge in [-0.15, -0.1) is 0 Å². The van der Waals surface area contributed by atoms with Crippen molar-refractivity contribution < 1.29 is 14.0 Å². The van der Waals surface area contributed by atoms with Crippen molar-refractivity contribution in [2.24, 2.45) is 0 Å². The molecular formula is C22H21BrN2O3. The highest BCUT2D eigenvalue weighted by molar-refractivity contribution is 9.10. The van der Waals surface area contributed by atoms with E-state index in [1.165, 1.54) is 5.56 Å². The first-order valence-corrected chi connectivity index (χ1v) is 9.86. The predicted molar refractivity (Wildman–Crippen MR) is 113 cm³/mol. The van der Waals surface area contributed by atoms with Gasteiger partial charge in [-0.3, -0.25) is 9.59 Å². The summed E-state index contributed by atoms with van der Waals surface area (Å²) in [6, 6.07) is 20.2. The fraction of sp³-hybridized carbons (Fsp3) is 0.182. The highest BCUT2D eigenvalue weighted by Gasteiger charge is 2.14. The van der Waals surface area contributed by atoms with Gasteiger partial charge in [-0.1, -0.05) is 43.3 Å². The van der Waals surface area contributed by atoms with Crippen molar-refractivity contribution in [1.82, 2.24) is 5.32 Å². The lowest BCUT2D eigenvalue weighted by atomic mass is 9.96. The first-order chi connectivity index (χ1) is 13.6. The van der Waals surface area contributed by atoms with Gasteiger partial charge in [0.25, 0.3) is 11.8 Å². The Morgan fingerprint density at radius 1 is 1.00 bits per heavy atom. The van der Waals surface area contributed by atoms with E-state index < -0.39 is 0 Å². The van der Waals surface area contributed by atoms with E-state index >= 15 is 0 Å². The van der Waals surface area contributed by atoms with Gasteiger partial charge in [0.15, 0.2) is 10.4 Å². The van der Waals surface area contributed by atoms with Crippen LogP contribution in [0.4, 0.5) is 5.69 Å². The van der Waals surface area contributed by atoms with E-state index in [-0.39, 0.29) is 23.5 Å². The van der Waals surface area contributed by atoms with Gasteiger partial charge in [-0.25, -0.2) is 0 Å². The molecule has 1 aromatic heterocycles. The summed E-state index contributed by atoms with van der Waals surface area (Å²) in [5.74, 6) is -0.106. The smallest absolute Gasteiger partial charge is 0.291 e. The second-order valence-electron chi connectivity index (χ2n) is 6.36. The Morgan fingerprint density at radius 3 is 2.46 bits per heavy atom. The summed E-state index contributed by atoms with van der Waals surface area (Å²) in [4.78, 5) is 24.8. The van der Waals surface area contributed by atoms with Gasteiger partial charge in [0.2, 0.25) is 0 Å². The molecule has 0 bridgehead atoms. The number of amides is 2. The van der Waals surface area contributed by atoms with Gasteiger partial charge in [0.1, 0.15) is 0 Å². The van der Waals surface area contributed by atoms with Crippen molar-refractivity contribution in [3.63, 3.8) is 0 Å². The molecule has 1 unspecified atom stereocenters. The molecule has 3 rings (SSSR count). The lowest BCUT2D eigenvalue weighted by Gasteiger charge is -2.16. The van der Waals surface area contributed by atoms with Crippen molar-refractivity contribution in [1.29, 1.82) is 0 Å². The summed E-state index contributed by atoms with van der Waals surface area (Å²) in [5.41, 5.74) is 2.22. The monoisotopic (exact) mass is 440 g/mol. The summed E-state index contributed by atoms with van der Waals surface area (Å²) < 4.78 is 5.72. The molecule has 6 heteroatoms. The molecule has 0 radical (unpaired) electrons. The fourth-order valence-corrected chi connectivity index (χ4v) is 3.21. The molecule has 2 N–H and O–H groups in total. The standard InChI is InChI=1S/C22H21BrN2O3/c1-2-15(16-7-4-3-5-8-16)14-24-21(26)17-9-6-10-18(13-17)25-22(27)19-11-12-20(23)28-19/h3-13,15H,2,14H2,1H3,(H,24,26)(H,25,27). The van der Waals surface area contributed by atoms with Crippen LogP contribution in [0.5, 0.6) is 0 Å². The zero-order valence-electron chi connectivity index (χ0n) is 15.4. The number of rotatable bonds is 7. The van der Waals surface area contributed by atoms with Gasteiger partial charge < -0.3 is 15.1 Å². The van der Waals surface area contributed by atoms with E-state index in [0.717, 1.165) is 6.42 Å². The van der Waals surface area contributed by atoms with Gasteiger partial charge in [-0.05, 0) is 58.2 Å². The molecule has 3 aromatic rings. The molecule has 0 spiro atoms. The van der Waals surface area contributed by atoms with Crippen LogP contribution in [-0.2, 0) is 0 Å². The molecule has 1 atom stereocenters. The Bertz CT molecular complexity index is 953. The molecule has 0 fully saturated rings. The van der Waals surface area contributed by atoms with E-state index in [9.17, 15) is 9.59 Å². The highest BCUT2D eigenvalue weighted by Crippen LogP contribution is 2.19. The van der Waals surface area contributed by atoms with Gasteiger partial charge in [0, 0.05) is 23.7 Å². The topological polar surface area (TPSA) is 71.3 Å². The predicted octanol–water partition coefficient (Wildman–Crippen LogP) is 5.22. The van der Waals surface area contributed by atoms with Crippen molar-refractivity contribution in [3.05, 3.63) is 88.3 Å². The summed E-state index contributed by atoms with van der Waals surface area (Å²) >= 11 is 3.17. The van der Waals surface area contributed by atoms with Crippen LogP contribution in [-0.4, -0.2) is 18.4 Å². The van der Waals surface area contributed by atoms with Crippen LogP contribution < -0.4 is 10.6 Å². The third-order valence-corrected chi connectivity index (χ3v) is 4.88. The van der Waals surface area contributed by atoms with Crippen LogP contribution in [0, 0.1) is 0 Å². The number of benzene rings is 2. The molecular weight excluding hydrogens is 420 g/mol. The van der Waals surface area contributed by atoms with Crippen LogP contribution in [0.1, 0.15) is 45.7 Å². The minimum Gasteiger partial charge on any atom is -0.444 e. The minimum atomic E-state index is -0.376.